The van der Waals surface area contributed by atoms with Gasteiger partial charge in [0, 0.05) is 17.5 Å². The maximum Gasteiger partial charge on any atom is 0.119 e. The molecule has 0 spiro atoms. The van der Waals surface area contributed by atoms with E-state index in [2.05, 4.69) is 27.1 Å². The molecular formula is C16H18N4O2S. The Morgan fingerprint density at radius 1 is 1.39 bits per heavy atom. The average molecular weight is 330 g/mol. The van der Waals surface area contributed by atoms with E-state index in [9.17, 15) is 0 Å². The van der Waals surface area contributed by atoms with E-state index < -0.39 is 0 Å². The van der Waals surface area contributed by atoms with Crippen LogP contribution in [0.15, 0.2) is 33.4 Å². The van der Waals surface area contributed by atoms with Crippen LogP contribution in [-0.4, -0.2) is 27.6 Å². The highest BCUT2D eigenvalue weighted by Gasteiger charge is 2.24. The monoisotopic (exact) mass is 330 g/mol. The van der Waals surface area contributed by atoms with Crippen LogP contribution in [0.5, 0.6) is 0 Å². The molecule has 1 atom stereocenters. The molecule has 1 aliphatic rings. The number of hydrogen-bond acceptors (Lipinski definition) is 6. The SMILES string of the molecule is Cc1ccc(CNCC2Cn3nnc(-c4ccsc4)c3CO2)o1. The Kier molecular flexibility index (Phi) is 3.99. The molecule has 0 radical (unpaired) electrons. The van der Waals surface area contributed by atoms with Crippen molar-refractivity contribution in [1.29, 1.82) is 0 Å². The summed E-state index contributed by atoms with van der Waals surface area (Å²) in [4.78, 5) is 0. The number of aryl methyl sites for hydroxylation is 1. The van der Waals surface area contributed by atoms with E-state index in [-0.39, 0.29) is 6.10 Å². The van der Waals surface area contributed by atoms with E-state index >= 15 is 0 Å². The van der Waals surface area contributed by atoms with E-state index in [1.165, 1.54) is 0 Å². The van der Waals surface area contributed by atoms with E-state index in [1.54, 1.807) is 11.3 Å². The van der Waals surface area contributed by atoms with Gasteiger partial charge in [0.2, 0.25) is 0 Å². The largest absolute Gasteiger partial charge is 0.465 e. The van der Waals surface area contributed by atoms with Crippen LogP contribution in [0.3, 0.4) is 0 Å². The third-order valence-electron chi connectivity index (χ3n) is 3.93. The standard InChI is InChI=1S/C16H18N4O2S/c1-11-2-3-13(22-11)6-17-7-14-8-20-15(9-21-14)16(18-19-20)12-4-5-23-10-12/h2-5,10,14,17H,6-9H2,1H3. The lowest BCUT2D eigenvalue weighted by Gasteiger charge is -2.24. The van der Waals surface area contributed by atoms with Crippen LogP contribution in [0.1, 0.15) is 17.2 Å². The van der Waals surface area contributed by atoms with Gasteiger partial charge in [0.15, 0.2) is 0 Å². The molecule has 3 aromatic heterocycles. The molecular weight excluding hydrogens is 312 g/mol. The molecule has 3 aromatic rings. The molecule has 1 aliphatic heterocycles. The van der Waals surface area contributed by atoms with Gasteiger partial charge in [-0.25, -0.2) is 4.68 Å². The molecule has 4 rings (SSSR count). The summed E-state index contributed by atoms with van der Waals surface area (Å²) in [5.74, 6) is 1.88. The average Bonchev–Trinajstić information content (AvgIpc) is 3.27. The second kappa shape index (κ2) is 6.27. The van der Waals surface area contributed by atoms with E-state index in [4.69, 9.17) is 9.15 Å². The minimum atomic E-state index is 0.0931. The fraction of sp³-hybridized carbons (Fsp3) is 0.375. The first kappa shape index (κ1) is 14.6. The summed E-state index contributed by atoms with van der Waals surface area (Å²) in [7, 11) is 0. The topological polar surface area (TPSA) is 65.1 Å². The first-order chi connectivity index (χ1) is 11.3. The van der Waals surface area contributed by atoms with Gasteiger partial charge in [0.05, 0.1) is 31.5 Å². The van der Waals surface area contributed by atoms with E-state index in [0.29, 0.717) is 13.2 Å². The Balaban J connectivity index is 1.36. The third-order valence-corrected chi connectivity index (χ3v) is 4.62. The van der Waals surface area contributed by atoms with Crippen LogP contribution in [0.25, 0.3) is 11.3 Å². The molecule has 0 saturated heterocycles. The van der Waals surface area contributed by atoms with Gasteiger partial charge in [-0.1, -0.05) is 5.21 Å². The summed E-state index contributed by atoms with van der Waals surface area (Å²) >= 11 is 1.66. The number of nitrogens with zero attached hydrogens (tertiary/aromatic N) is 3. The fourth-order valence-electron chi connectivity index (χ4n) is 2.75. The summed E-state index contributed by atoms with van der Waals surface area (Å²) < 4.78 is 13.5. The number of furan rings is 1. The summed E-state index contributed by atoms with van der Waals surface area (Å²) in [6.45, 7) is 4.68. The van der Waals surface area contributed by atoms with Crippen LogP contribution in [-0.2, 0) is 24.4 Å². The molecule has 0 amide bonds. The zero-order chi connectivity index (χ0) is 15.6. The fourth-order valence-corrected chi connectivity index (χ4v) is 3.39. The summed E-state index contributed by atoms with van der Waals surface area (Å²) in [5, 5.41) is 16.1. The highest BCUT2D eigenvalue weighted by Crippen LogP contribution is 2.26. The van der Waals surface area contributed by atoms with Crippen molar-refractivity contribution in [2.75, 3.05) is 6.54 Å². The Labute approximate surface area is 138 Å². The molecule has 6 nitrogen and oxygen atoms in total. The lowest BCUT2D eigenvalue weighted by Crippen LogP contribution is -2.36. The Hall–Kier alpha value is -1.96. The van der Waals surface area contributed by atoms with Crippen molar-refractivity contribution < 1.29 is 9.15 Å². The van der Waals surface area contributed by atoms with Crippen molar-refractivity contribution in [3.8, 4) is 11.3 Å². The zero-order valence-corrected chi connectivity index (χ0v) is 13.7. The molecule has 7 heteroatoms. The molecule has 0 saturated carbocycles. The van der Waals surface area contributed by atoms with Gasteiger partial charge in [0.1, 0.15) is 17.2 Å². The van der Waals surface area contributed by atoms with Crippen LogP contribution in [0.2, 0.25) is 0 Å². The first-order valence-corrected chi connectivity index (χ1v) is 8.56. The minimum Gasteiger partial charge on any atom is -0.465 e. The molecule has 0 fully saturated rings. The molecule has 1 unspecified atom stereocenters. The number of hydrogen-bond donors (Lipinski definition) is 1. The maximum atomic E-state index is 5.95. The van der Waals surface area contributed by atoms with Crippen LogP contribution in [0, 0.1) is 6.92 Å². The number of ether oxygens (including phenoxy) is 1. The van der Waals surface area contributed by atoms with Crippen molar-refractivity contribution >= 4 is 11.3 Å². The number of thiophene rings is 1. The van der Waals surface area contributed by atoms with Gasteiger partial charge in [-0.3, -0.25) is 0 Å². The van der Waals surface area contributed by atoms with Gasteiger partial charge in [-0.15, -0.1) is 5.10 Å². The maximum absolute atomic E-state index is 5.95. The second-order valence-corrected chi connectivity index (χ2v) is 6.44. The Morgan fingerprint density at radius 2 is 2.35 bits per heavy atom. The second-order valence-electron chi connectivity index (χ2n) is 5.66. The smallest absolute Gasteiger partial charge is 0.119 e. The highest BCUT2D eigenvalue weighted by atomic mass is 32.1. The minimum absolute atomic E-state index is 0.0931. The summed E-state index contributed by atoms with van der Waals surface area (Å²) in [5.41, 5.74) is 3.11. The molecule has 0 bridgehead atoms. The van der Waals surface area contributed by atoms with Gasteiger partial charge in [0.25, 0.3) is 0 Å². The highest BCUT2D eigenvalue weighted by molar-refractivity contribution is 7.08. The van der Waals surface area contributed by atoms with Crippen LogP contribution < -0.4 is 5.32 Å². The lowest BCUT2D eigenvalue weighted by atomic mass is 10.2. The summed E-state index contributed by atoms with van der Waals surface area (Å²) in [6.07, 6.45) is 0.0931. The van der Waals surface area contributed by atoms with Crippen molar-refractivity contribution in [3.05, 3.63) is 46.2 Å². The van der Waals surface area contributed by atoms with Gasteiger partial charge in [-0.05, 0) is 30.5 Å². The van der Waals surface area contributed by atoms with Crippen LogP contribution >= 0.6 is 11.3 Å². The molecule has 0 aromatic carbocycles. The Morgan fingerprint density at radius 3 is 3.13 bits per heavy atom. The number of nitrogens with one attached hydrogen (secondary N) is 1. The van der Waals surface area contributed by atoms with Crippen molar-refractivity contribution in [2.24, 2.45) is 0 Å². The molecule has 23 heavy (non-hydrogen) atoms. The summed E-state index contributed by atoms with van der Waals surface area (Å²) in [6, 6.07) is 6.03. The van der Waals surface area contributed by atoms with Gasteiger partial charge >= 0.3 is 0 Å². The molecule has 4 heterocycles. The quantitative estimate of drug-likeness (QED) is 0.779. The molecule has 120 valence electrons. The van der Waals surface area contributed by atoms with E-state index in [1.807, 2.05) is 29.1 Å². The first-order valence-electron chi connectivity index (χ1n) is 7.62. The Bertz CT molecular complexity index is 778. The van der Waals surface area contributed by atoms with Gasteiger partial charge in [-0.2, -0.15) is 11.3 Å². The predicted molar refractivity (Wildman–Crippen MR) is 87.1 cm³/mol. The van der Waals surface area contributed by atoms with Gasteiger partial charge < -0.3 is 14.5 Å². The third kappa shape index (κ3) is 3.08. The lowest BCUT2D eigenvalue weighted by molar-refractivity contribution is 0.00106. The van der Waals surface area contributed by atoms with E-state index in [0.717, 1.165) is 41.6 Å². The number of aromatic nitrogens is 3. The van der Waals surface area contributed by atoms with Crippen LogP contribution in [0.4, 0.5) is 0 Å². The van der Waals surface area contributed by atoms with Crippen molar-refractivity contribution in [3.63, 3.8) is 0 Å². The zero-order valence-electron chi connectivity index (χ0n) is 12.9. The number of rotatable bonds is 5. The molecule has 1 N–H and O–H groups in total. The normalized spacial score (nSPS) is 17.3. The van der Waals surface area contributed by atoms with Crippen molar-refractivity contribution in [2.45, 2.75) is 32.7 Å². The number of fused-ring (bicyclic) bond motifs is 1. The van der Waals surface area contributed by atoms with Crippen molar-refractivity contribution in [1.82, 2.24) is 20.3 Å². The molecule has 0 aliphatic carbocycles. The predicted octanol–water partition coefficient (Wildman–Crippen LogP) is 2.60.